The molecule has 1 aromatic carbocycles. The lowest BCUT2D eigenvalue weighted by Gasteiger charge is -2.08. The maximum Gasteiger partial charge on any atom is 0.142 e. The summed E-state index contributed by atoms with van der Waals surface area (Å²) in [6.45, 7) is 0.515. The van der Waals surface area contributed by atoms with Gasteiger partial charge in [-0.15, -0.1) is 0 Å². The van der Waals surface area contributed by atoms with E-state index in [1.165, 1.54) is 12.1 Å². The average Bonchev–Trinajstić information content (AvgIpc) is 2.23. The molecule has 1 aromatic rings. The van der Waals surface area contributed by atoms with E-state index in [0.717, 1.165) is 0 Å². The van der Waals surface area contributed by atoms with Crippen LogP contribution in [0.3, 0.4) is 0 Å². The van der Waals surface area contributed by atoms with Gasteiger partial charge >= 0.3 is 0 Å². The van der Waals surface area contributed by atoms with Crippen LogP contribution in [0.15, 0.2) is 18.2 Å². The van der Waals surface area contributed by atoms with Gasteiger partial charge in [0.2, 0.25) is 0 Å². The fraction of sp³-hybridized carbons (Fsp3) is 0.400. The summed E-state index contributed by atoms with van der Waals surface area (Å²) in [6, 6.07) is 4.44. The summed E-state index contributed by atoms with van der Waals surface area (Å²) in [6.07, 6.45) is -0.679. The van der Waals surface area contributed by atoms with E-state index < -0.39 is 11.9 Å². The van der Waals surface area contributed by atoms with Gasteiger partial charge < -0.3 is 15.6 Å². The fourth-order valence-electron chi connectivity index (χ4n) is 1.01. The zero-order valence-corrected chi connectivity index (χ0v) is 8.88. The second-order valence-corrected chi connectivity index (χ2v) is 3.56. The van der Waals surface area contributed by atoms with E-state index in [-0.39, 0.29) is 24.8 Å². The lowest BCUT2D eigenvalue weighted by atomic mass is 10.2. The molecule has 5 heteroatoms. The van der Waals surface area contributed by atoms with Crippen molar-refractivity contribution in [3.05, 3.63) is 34.6 Å². The van der Waals surface area contributed by atoms with Crippen molar-refractivity contribution in [2.75, 3.05) is 13.2 Å². The second-order valence-electron chi connectivity index (χ2n) is 3.15. The minimum Gasteiger partial charge on any atom is -0.389 e. The highest BCUT2D eigenvalue weighted by Gasteiger charge is 2.03. The normalized spacial score (nSPS) is 12.8. The zero-order chi connectivity index (χ0) is 11.3. The molecule has 0 heterocycles. The lowest BCUT2D eigenvalue weighted by molar-refractivity contribution is 0.0328. The number of benzene rings is 1. The quantitative estimate of drug-likeness (QED) is 0.807. The number of rotatable bonds is 5. The second kappa shape index (κ2) is 6.02. The van der Waals surface area contributed by atoms with Gasteiger partial charge in [-0.05, 0) is 17.7 Å². The molecule has 0 spiro atoms. The Labute approximate surface area is 92.6 Å². The molecule has 0 aliphatic rings. The van der Waals surface area contributed by atoms with Crippen molar-refractivity contribution < 1.29 is 14.2 Å². The van der Waals surface area contributed by atoms with Crippen molar-refractivity contribution in [3.63, 3.8) is 0 Å². The average molecular weight is 234 g/mol. The molecule has 0 amide bonds. The standard InChI is InChI=1S/C10H13ClFNO2/c11-9-2-1-7(3-10(9)12)5-15-6-8(14)4-13/h1-3,8,14H,4-6,13H2/t8-/m0/s1. The third-order valence-corrected chi connectivity index (χ3v) is 2.14. The maximum atomic E-state index is 13.0. The summed E-state index contributed by atoms with van der Waals surface area (Å²) in [4.78, 5) is 0. The first-order valence-corrected chi connectivity index (χ1v) is 4.91. The van der Waals surface area contributed by atoms with Crippen LogP contribution >= 0.6 is 11.6 Å². The van der Waals surface area contributed by atoms with Crippen molar-refractivity contribution in [3.8, 4) is 0 Å². The van der Waals surface area contributed by atoms with Crippen LogP contribution in [0.1, 0.15) is 5.56 Å². The molecule has 0 radical (unpaired) electrons. The topological polar surface area (TPSA) is 55.5 Å². The van der Waals surface area contributed by atoms with E-state index >= 15 is 0 Å². The van der Waals surface area contributed by atoms with Gasteiger partial charge in [0.25, 0.3) is 0 Å². The molecule has 0 saturated heterocycles. The number of ether oxygens (including phenoxy) is 1. The first kappa shape index (κ1) is 12.4. The van der Waals surface area contributed by atoms with Gasteiger partial charge in [-0.2, -0.15) is 0 Å². The minimum absolute atomic E-state index is 0.0840. The summed E-state index contributed by atoms with van der Waals surface area (Å²) >= 11 is 5.52. The van der Waals surface area contributed by atoms with E-state index in [1.807, 2.05) is 0 Å². The summed E-state index contributed by atoms with van der Waals surface area (Å²) in [5.74, 6) is -0.475. The molecule has 0 fully saturated rings. The Morgan fingerprint density at radius 1 is 1.53 bits per heavy atom. The van der Waals surface area contributed by atoms with E-state index in [4.69, 9.17) is 27.2 Å². The van der Waals surface area contributed by atoms with Crippen molar-refractivity contribution in [1.82, 2.24) is 0 Å². The zero-order valence-electron chi connectivity index (χ0n) is 8.12. The van der Waals surface area contributed by atoms with Crippen LogP contribution in [0.4, 0.5) is 4.39 Å². The molecule has 0 unspecified atom stereocenters. The molecule has 0 aliphatic heterocycles. The van der Waals surface area contributed by atoms with Crippen LogP contribution in [-0.4, -0.2) is 24.4 Å². The van der Waals surface area contributed by atoms with Gasteiger partial charge in [0.15, 0.2) is 0 Å². The molecule has 0 saturated carbocycles. The number of aliphatic hydroxyl groups excluding tert-OH is 1. The summed E-state index contributed by atoms with van der Waals surface area (Å²) in [5.41, 5.74) is 5.86. The summed E-state index contributed by atoms with van der Waals surface area (Å²) in [7, 11) is 0. The van der Waals surface area contributed by atoms with Crippen LogP contribution < -0.4 is 5.73 Å². The van der Waals surface area contributed by atoms with Crippen molar-refractivity contribution in [2.45, 2.75) is 12.7 Å². The predicted molar refractivity (Wildman–Crippen MR) is 56.1 cm³/mol. The molecule has 84 valence electrons. The fourth-order valence-corrected chi connectivity index (χ4v) is 1.13. The number of hydrogen-bond donors (Lipinski definition) is 2. The Balaban J connectivity index is 2.41. The van der Waals surface area contributed by atoms with Gasteiger partial charge in [0.1, 0.15) is 5.82 Å². The van der Waals surface area contributed by atoms with Crippen molar-refractivity contribution >= 4 is 11.6 Å². The van der Waals surface area contributed by atoms with Crippen LogP contribution in [-0.2, 0) is 11.3 Å². The molecule has 1 rings (SSSR count). The largest absolute Gasteiger partial charge is 0.389 e. The van der Waals surface area contributed by atoms with E-state index in [0.29, 0.717) is 5.56 Å². The lowest BCUT2D eigenvalue weighted by Crippen LogP contribution is -2.24. The van der Waals surface area contributed by atoms with Gasteiger partial charge in [-0.3, -0.25) is 0 Å². The molecular formula is C10H13ClFNO2. The highest BCUT2D eigenvalue weighted by Crippen LogP contribution is 2.15. The Morgan fingerprint density at radius 2 is 2.27 bits per heavy atom. The van der Waals surface area contributed by atoms with Gasteiger partial charge in [-0.25, -0.2) is 4.39 Å². The van der Waals surface area contributed by atoms with E-state index in [2.05, 4.69) is 0 Å². The first-order valence-electron chi connectivity index (χ1n) is 4.53. The Kier molecular flexibility index (Phi) is 4.98. The smallest absolute Gasteiger partial charge is 0.142 e. The van der Waals surface area contributed by atoms with Gasteiger partial charge in [0.05, 0.1) is 24.3 Å². The van der Waals surface area contributed by atoms with Crippen LogP contribution in [0, 0.1) is 5.82 Å². The molecule has 0 aromatic heterocycles. The molecular weight excluding hydrogens is 221 g/mol. The third kappa shape index (κ3) is 4.13. The molecule has 3 N–H and O–H groups in total. The molecule has 1 atom stereocenters. The Hall–Kier alpha value is -0.680. The molecule has 0 aliphatic carbocycles. The first-order chi connectivity index (χ1) is 7.13. The minimum atomic E-state index is -0.679. The SMILES string of the molecule is NC[C@H](O)COCc1ccc(Cl)c(F)c1. The van der Waals surface area contributed by atoms with Crippen LogP contribution in [0.5, 0.6) is 0 Å². The number of nitrogens with two attached hydrogens (primary N) is 1. The number of hydrogen-bond acceptors (Lipinski definition) is 3. The predicted octanol–water partition coefficient (Wildman–Crippen LogP) is 1.32. The highest BCUT2D eigenvalue weighted by atomic mass is 35.5. The maximum absolute atomic E-state index is 13.0. The molecule has 3 nitrogen and oxygen atoms in total. The van der Waals surface area contributed by atoms with Crippen molar-refractivity contribution in [1.29, 1.82) is 0 Å². The molecule has 0 bridgehead atoms. The van der Waals surface area contributed by atoms with E-state index in [1.54, 1.807) is 6.07 Å². The Morgan fingerprint density at radius 3 is 2.87 bits per heavy atom. The van der Waals surface area contributed by atoms with E-state index in [9.17, 15) is 4.39 Å². The van der Waals surface area contributed by atoms with Crippen molar-refractivity contribution in [2.24, 2.45) is 5.73 Å². The summed E-state index contributed by atoms with van der Waals surface area (Å²) < 4.78 is 18.1. The summed E-state index contributed by atoms with van der Waals surface area (Å²) in [5, 5.41) is 9.17. The van der Waals surface area contributed by atoms with Gasteiger partial charge in [-0.1, -0.05) is 17.7 Å². The number of aliphatic hydroxyl groups is 1. The highest BCUT2D eigenvalue weighted by molar-refractivity contribution is 6.30. The molecule has 15 heavy (non-hydrogen) atoms. The third-order valence-electron chi connectivity index (χ3n) is 1.84. The van der Waals surface area contributed by atoms with Crippen LogP contribution in [0.2, 0.25) is 5.02 Å². The Bertz CT molecular complexity index is 322. The van der Waals surface area contributed by atoms with Crippen LogP contribution in [0.25, 0.3) is 0 Å². The number of halogens is 2. The van der Waals surface area contributed by atoms with Gasteiger partial charge in [0, 0.05) is 6.54 Å². The monoisotopic (exact) mass is 233 g/mol.